The lowest BCUT2D eigenvalue weighted by atomic mass is 9.89. The zero-order valence-electron chi connectivity index (χ0n) is 13.4. The molecule has 1 aliphatic heterocycles. The molecule has 0 saturated carbocycles. The van der Waals surface area contributed by atoms with E-state index in [1.54, 1.807) is 0 Å². The van der Waals surface area contributed by atoms with Crippen molar-refractivity contribution in [1.29, 1.82) is 0 Å². The van der Waals surface area contributed by atoms with Crippen molar-refractivity contribution in [3.8, 4) is 0 Å². The van der Waals surface area contributed by atoms with E-state index in [9.17, 15) is 4.79 Å². The largest absolute Gasteiger partial charge is 0.383 e. The minimum absolute atomic E-state index is 0.0811. The van der Waals surface area contributed by atoms with Crippen molar-refractivity contribution in [1.82, 2.24) is 9.97 Å². The standard InChI is InChI=1S/C19H17N5O/c20-16-15-11-14(12-7-3-1-4-8-12)18(25)23-17(15)24-19(22-16)21-13-9-5-2-6-10-13/h1-10,14H,11H2,(H4,20,21,22,23,24,25)/t14-/m0/s1. The lowest BCUT2D eigenvalue weighted by molar-refractivity contribution is -0.117. The first-order valence-electron chi connectivity index (χ1n) is 8.05. The van der Waals surface area contributed by atoms with Gasteiger partial charge in [-0.1, -0.05) is 48.5 Å². The van der Waals surface area contributed by atoms with Crippen molar-refractivity contribution in [2.45, 2.75) is 12.3 Å². The van der Waals surface area contributed by atoms with Gasteiger partial charge in [0.25, 0.3) is 0 Å². The monoisotopic (exact) mass is 331 g/mol. The fourth-order valence-corrected chi connectivity index (χ4v) is 2.97. The fourth-order valence-electron chi connectivity index (χ4n) is 2.97. The molecule has 0 radical (unpaired) electrons. The van der Waals surface area contributed by atoms with Gasteiger partial charge in [0, 0.05) is 11.3 Å². The Morgan fingerprint density at radius 1 is 1.00 bits per heavy atom. The molecule has 0 aliphatic carbocycles. The Hall–Kier alpha value is -3.41. The van der Waals surface area contributed by atoms with Gasteiger partial charge in [0.05, 0.1) is 5.92 Å². The molecular formula is C19H17N5O. The maximum Gasteiger partial charge on any atom is 0.233 e. The van der Waals surface area contributed by atoms with Crippen LogP contribution < -0.4 is 16.4 Å². The summed E-state index contributed by atoms with van der Waals surface area (Å²) in [5.41, 5.74) is 8.72. The third-order valence-corrected chi connectivity index (χ3v) is 4.24. The van der Waals surface area contributed by atoms with Gasteiger partial charge < -0.3 is 16.4 Å². The van der Waals surface area contributed by atoms with E-state index in [4.69, 9.17) is 5.73 Å². The fraction of sp³-hybridized carbons (Fsp3) is 0.105. The van der Waals surface area contributed by atoms with E-state index in [0.717, 1.165) is 16.8 Å². The summed E-state index contributed by atoms with van der Waals surface area (Å²) in [6.45, 7) is 0. The molecule has 1 aromatic heterocycles. The lowest BCUT2D eigenvalue weighted by Gasteiger charge is -2.25. The number of amides is 1. The summed E-state index contributed by atoms with van der Waals surface area (Å²) in [6.07, 6.45) is 0.489. The second-order valence-electron chi connectivity index (χ2n) is 5.91. The van der Waals surface area contributed by atoms with Crippen LogP contribution in [0.5, 0.6) is 0 Å². The molecule has 6 heteroatoms. The molecule has 25 heavy (non-hydrogen) atoms. The third-order valence-electron chi connectivity index (χ3n) is 4.24. The smallest absolute Gasteiger partial charge is 0.233 e. The second-order valence-corrected chi connectivity index (χ2v) is 5.91. The number of hydrogen-bond acceptors (Lipinski definition) is 5. The number of nitrogens with one attached hydrogen (secondary N) is 2. The SMILES string of the molecule is Nc1nc(Nc2ccccc2)nc2c1C[C@@H](c1ccccc1)C(=O)N2. The average Bonchev–Trinajstić information content (AvgIpc) is 2.63. The maximum atomic E-state index is 12.5. The molecular weight excluding hydrogens is 314 g/mol. The summed E-state index contributed by atoms with van der Waals surface area (Å²) in [5.74, 6) is 0.850. The molecule has 0 spiro atoms. The predicted octanol–water partition coefficient (Wildman–Crippen LogP) is 3.08. The van der Waals surface area contributed by atoms with Crippen LogP contribution in [0.3, 0.4) is 0 Å². The molecule has 0 saturated heterocycles. The molecule has 1 amide bonds. The molecule has 0 bridgehead atoms. The topological polar surface area (TPSA) is 92.9 Å². The molecule has 3 aromatic rings. The lowest BCUT2D eigenvalue weighted by Crippen LogP contribution is -2.30. The minimum atomic E-state index is -0.285. The third kappa shape index (κ3) is 3.01. The molecule has 1 atom stereocenters. The van der Waals surface area contributed by atoms with Crippen LogP contribution in [0.15, 0.2) is 60.7 Å². The first kappa shape index (κ1) is 15.1. The van der Waals surface area contributed by atoms with Crippen LogP contribution in [-0.4, -0.2) is 15.9 Å². The number of nitrogen functional groups attached to an aromatic ring is 1. The van der Waals surface area contributed by atoms with E-state index in [1.165, 1.54) is 0 Å². The van der Waals surface area contributed by atoms with Crippen molar-refractivity contribution >= 4 is 29.2 Å². The van der Waals surface area contributed by atoms with Gasteiger partial charge in [-0.3, -0.25) is 4.79 Å². The van der Waals surface area contributed by atoms with E-state index in [2.05, 4.69) is 20.6 Å². The van der Waals surface area contributed by atoms with Crippen LogP contribution in [-0.2, 0) is 11.2 Å². The summed E-state index contributed by atoms with van der Waals surface area (Å²) >= 11 is 0. The zero-order valence-corrected chi connectivity index (χ0v) is 13.4. The quantitative estimate of drug-likeness (QED) is 0.686. The van der Waals surface area contributed by atoms with Crippen molar-refractivity contribution in [3.05, 3.63) is 71.8 Å². The molecule has 4 N–H and O–H groups in total. The Balaban J connectivity index is 1.65. The number of rotatable bonds is 3. The summed E-state index contributed by atoms with van der Waals surface area (Å²) in [6, 6.07) is 19.2. The molecule has 2 aromatic carbocycles. The maximum absolute atomic E-state index is 12.5. The van der Waals surface area contributed by atoms with E-state index in [-0.39, 0.29) is 11.8 Å². The number of nitrogens with zero attached hydrogens (tertiary/aromatic N) is 2. The molecule has 2 heterocycles. The Kier molecular flexibility index (Phi) is 3.78. The van der Waals surface area contributed by atoms with Crippen LogP contribution in [0.4, 0.5) is 23.3 Å². The number of nitrogens with two attached hydrogens (primary N) is 1. The highest BCUT2D eigenvalue weighted by atomic mass is 16.2. The van der Waals surface area contributed by atoms with E-state index >= 15 is 0 Å². The predicted molar refractivity (Wildman–Crippen MR) is 97.7 cm³/mol. The van der Waals surface area contributed by atoms with Crippen LogP contribution in [0, 0.1) is 0 Å². The number of anilines is 4. The van der Waals surface area contributed by atoms with Crippen molar-refractivity contribution in [3.63, 3.8) is 0 Å². The summed E-state index contributed by atoms with van der Waals surface area (Å²) in [5, 5.41) is 5.96. The summed E-state index contributed by atoms with van der Waals surface area (Å²) in [7, 11) is 0. The summed E-state index contributed by atoms with van der Waals surface area (Å²) < 4.78 is 0. The number of benzene rings is 2. The van der Waals surface area contributed by atoms with Gasteiger partial charge in [0.2, 0.25) is 11.9 Å². The number of fused-ring (bicyclic) bond motifs is 1. The normalized spacial score (nSPS) is 16.0. The Morgan fingerprint density at radius 3 is 2.40 bits per heavy atom. The Morgan fingerprint density at radius 2 is 1.68 bits per heavy atom. The number of carbonyl (C=O) groups excluding carboxylic acids is 1. The average molecular weight is 331 g/mol. The minimum Gasteiger partial charge on any atom is -0.383 e. The van der Waals surface area contributed by atoms with E-state index in [1.807, 2.05) is 60.7 Å². The van der Waals surface area contributed by atoms with Gasteiger partial charge in [0.1, 0.15) is 11.6 Å². The number of para-hydroxylation sites is 1. The summed E-state index contributed by atoms with van der Waals surface area (Å²) in [4.78, 5) is 21.3. The van der Waals surface area contributed by atoms with E-state index < -0.39 is 0 Å². The molecule has 124 valence electrons. The van der Waals surface area contributed by atoms with Gasteiger partial charge in [0.15, 0.2) is 0 Å². The van der Waals surface area contributed by atoms with Crippen molar-refractivity contribution in [2.75, 3.05) is 16.4 Å². The van der Waals surface area contributed by atoms with Crippen LogP contribution in [0.25, 0.3) is 0 Å². The first-order valence-corrected chi connectivity index (χ1v) is 8.05. The van der Waals surface area contributed by atoms with Gasteiger partial charge >= 0.3 is 0 Å². The van der Waals surface area contributed by atoms with Crippen molar-refractivity contribution < 1.29 is 4.79 Å². The highest BCUT2D eigenvalue weighted by molar-refractivity contribution is 5.99. The molecule has 0 unspecified atom stereocenters. The van der Waals surface area contributed by atoms with Crippen LogP contribution in [0.1, 0.15) is 17.0 Å². The van der Waals surface area contributed by atoms with Gasteiger partial charge in [-0.05, 0) is 24.1 Å². The van der Waals surface area contributed by atoms with Crippen LogP contribution in [0.2, 0.25) is 0 Å². The highest BCUT2D eigenvalue weighted by Gasteiger charge is 2.30. The molecule has 4 rings (SSSR count). The zero-order chi connectivity index (χ0) is 17.2. The highest BCUT2D eigenvalue weighted by Crippen LogP contribution is 2.33. The number of aromatic nitrogens is 2. The van der Waals surface area contributed by atoms with Gasteiger partial charge in [-0.25, -0.2) is 0 Å². The Bertz CT molecular complexity index is 912. The number of carbonyl (C=O) groups is 1. The van der Waals surface area contributed by atoms with Crippen molar-refractivity contribution in [2.24, 2.45) is 0 Å². The second kappa shape index (κ2) is 6.24. The van der Waals surface area contributed by atoms with Gasteiger partial charge in [-0.15, -0.1) is 0 Å². The number of hydrogen-bond donors (Lipinski definition) is 3. The molecule has 0 fully saturated rings. The van der Waals surface area contributed by atoms with Crippen LogP contribution >= 0.6 is 0 Å². The molecule has 1 aliphatic rings. The molecule has 6 nitrogen and oxygen atoms in total. The first-order chi connectivity index (χ1) is 12.2. The van der Waals surface area contributed by atoms with Gasteiger partial charge in [-0.2, -0.15) is 9.97 Å². The van der Waals surface area contributed by atoms with E-state index in [0.29, 0.717) is 24.0 Å². The Labute approximate surface area is 145 Å².